The Bertz CT molecular complexity index is 475. The Morgan fingerprint density at radius 1 is 1.31 bits per heavy atom. The molecule has 1 aromatic carbocycles. The number of hydrogen-bond donors (Lipinski definition) is 1. The van der Waals surface area contributed by atoms with E-state index in [9.17, 15) is 4.39 Å². The summed E-state index contributed by atoms with van der Waals surface area (Å²) >= 11 is 5.05. The van der Waals surface area contributed by atoms with E-state index in [0.29, 0.717) is 12.2 Å². The number of nitrogens with one attached hydrogen (secondary N) is 1. The molecule has 1 nitrogen and oxygen atoms in total. The van der Waals surface area contributed by atoms with Crippen molar-refractivity contribution in [3.05, 3.63) is 50.4 Å². The summed E-state index contributed by atoms with van der Waals surface area (Å²) in [7, 11) is 0. The number of halogens is 2. The van der Waals surface area contributed by atoms with Crippen molar-refractivity contribution in [1.82, 2.24) is 0 Å². The van der Waals surface area contributed by atoms with E-state index < -0.39 is 0 Å². The smallest absolute Gasteiger partial charge is 0.146 e. The van der Waals surface area contributed by atoms with E-state index in [0.717, 1.165) is 9.35 Å². The van der Waals surface area contributed by atoms with E-state index in [1.165, 1.54) is 10.9 Å². The fraction of sp³-hybridized carbons (Fsp3) is 0.167. The van der Waals surface area contributed by atoms with Crippen LogP contribution in [-0.4, -0.2) is 0 Å². The van der Waals surface area contributed by atoms with Crippen LogP contribution >= 0.6 is 27.3 Å². The lowest BCUT2D eigenvalue weighted by atomic mass is 10.2. The van der Waals surface area contributed by atoms with Crippen molar-refractivity contribution in [1.29, 1.82) is 0 Å². The van der Waals surface area contributed by atoms with Gasteiger partial charge in [-0.05, 0) is 46.6 Å². The fourth-order valence-corrected chi connectivity index (χ4v) is 2.90. The van der Waals surface area contributed by atoms with E-state index in [1.807, 2.05) is 25.1 Å². The van der Waals surface area contributed by atoms with Crippen LogP contribution in [-0.2, 0) is 6.54 Å². The first-order valence-electron chi connectivity index (χ1n) is 4.90. The van der Waals surface area contributed by atoms with E-state index in [-0.39, 0.29) is 5.82 Å². The number of anilines is 1. The molecule has 0 saturated heterocycles. The summed E-state index contributed by atoms with van der Waals surface area (Å²) in [5.41, 5.74) is 1.52. The Labute approximate surface area is 106 Å². The number of para-hydroxylation sites is 1. The Morgan fingerprint density at radius 2 is 2.12 bits per heavy atom. The highest BCUT2D eigenvalue weighted by molar-refractivity contribution is 9.11. The summed E-state index contributed by atoms with van der Waals surface area (Å²) in [6.07, 6.45) is 0. The first kappa shape index (κ1) is 11.6. The van der Waals surface area contributed by atoms with Gasteiger partial charge in [-0.15, -0.1) is 11.3 Å². The molecular formula is C12H11BrFNS. The highest BCUT2D eigenvalue weighted by Gasteiger charge is 2.05. The Balaban J connectivity index is 2.10. The SMILES string of the molecule is Cc1cccc(F)c1NCc1ccc(Br)s1. The number of benzene rings is 1. The minimum Gasteiger partial charge on any atom is -0.378 e. The van der Waals surface area contributed by atoms with Gasteiger partial charge in [0.15, 0.2) is 0 Å². The highest BCUT2D eigenvalue weighted by Crippen LogP contribution is 2.24. The molecule has 0 amide bonds. The van der Waals surface area contributed by atoms with Crippen LogP contribution in [0.25, 0.3) is 0 Å². The van der Waals surface area contributed by atoms with Crippen molar-refractivity contribution < 1.29 is 4.39 Å². The average Bonchev–Trinajstić information content (AvgIpc) is 2.63. The van der Waals surface area contributed by atoms with Gasteiger partial charge in [-0.2, -0.15) is 0 Å². The Morgan fingerprint density at radius 3 is 2.75 bits per heavy atom. The molecule has 0 unspecified atom stereocenters. The predicted molar refractivity (Wildman–Crippen MR) is 70.5 cm³/mol. The van der Waals surface area contributed by atoms with E-state index >= 15 is 0 Å². The molecule has 0 fully saturated rings. The molecule has 2 aromatic rings. The molecule has 0 radical (unpaired) electrons. The van der Waals surface area contributed by atoms with Crippen LogP contribution in [0, 0.1) is 12.7 Å². The molecule has 0 aliphatic rings. The second-order valence-corrected chi connectivity index (χ2v) is 6.04. The quantitative estimate of drug-likeness (QED) is 0.875. The van der Waals surface area contributed by atoms with Crippen LogP contribution in [0.2, 0.25) is 0 Å². The zero-order chi connectivity index (χ0) is 11.5. The van der Waals surface area contributed by atoms with Crippen LogP contribution < -0.4 is 5.32 Å². The van der Waals surface area contributed by atoms with E-state index in [1.54, 1.807) is 17.4 Å². The van der Waals surface area contributed by atoms with Crippen molar-refractivity contribution in [2.24, 2.45) is 0 Å². The molecule has 16 heavy (non-hydrogen) atoms. The third-order valence-corrected chi connectivity index (χ3v) is 3.91. The average molecular weight is 300 g/mol. The van der Waals surface area contributed by atoms with Crippen LogP contribution in [0.5, 0.6) is 0 Å². The van der Waals surface area contributed by atoms with Crippen LogP contribution in [0.15, 0.2) is 34.1 Å². The summed E-state index contributed by atoms with van der Waals surface area (Å²) in [5, 5.41) is 3.13. The first-order chi connectivity index (χ1) is 7.66. The zero-order valence-electron chi connectivity index (χ0n) is 8.76. The van der Waals surface area contributed by atoms with Crippen molar-refractivity contribution in [3.8, 4) is 0 Å². The normalized spacial score (nSPS) is 10.4. The minimum absolute atomic E-state index is 0.198. The molecule has 2 rings (SSSR count). The van der Waals surface area contributed by atoms with Gasteiger partial charge in [0, 0.05) is 11.4 Å². The Kier molecular flexibility index (Phi) is 3.61. The van der Waals surface area contributed by atoms with Gasteiger partial charge >= 0.3 is 0 Å². The van der Waals surface area contributed by atoms with E-state index in [4.69, 9.17) is 0 Å². The van der Waals surface area contributed by atoms with Gasteiger partial charge in [-0.25, -0.2) is 4.39 Å². The molecule has 4 heteroatoms. The monoisotopic (exact) mass is 299 g/mol. The van der Waals surface area contributed by atoms with Gasteiger partial charge in [0.25, 0.3) is 0 Å². The molecule has 0 aliphatic carbocycles. The maximum atomic E-state index is 13.5. The molecule has 84 valence electrons. The molecule has 0 saturated carbocycles. The molecule has 0 bridgehead atoms. The lowest BCUT2D eigenvalue weighted by molar-refractivity contribution is 0.629. The largest absolute Gasteiger partial charge is 0.378 e. The molecule has 1 aromatic heterocycles. The summed E-state index contributed by atoms with van der Waals surface area (Å²) < 4.78 is 14.6. The molecule has 0 aliphatic heterocycles. The number of thiophene rings is 1. The summed E-state index contributed by atoms with van der Waals surface area (Å²) in [4.78, 5) is 1.18. The van der Waals surface area contributed by atoms with Crippen LogP contribution in [0.3, 0.4) is 0 Å². The van der Waals surface area contributed by atoms with Crippen molar-refractivity contribution in [2.45, 2.75) is 13.5 Å². The van der Waals surface area contributed by atoms with Crippen molar-refractivity contribution in [3.63, 3.8) is 0 Å². The van der Waals surface area contributed by atoms with Crippen LogP contribution in [0.4, 0.5) is 10.1 Å². The number of hydrogen-bond acceptors (Lipinski definition) is 2. The van der Waals surface area contributed by atoms with Gasteiger partial charge in [0.2, 0.25) is 0 Å². The number of aryl methyl sites for hydroxylation is 1. The van der Waals surface area contributed by atoms with Crippen molar-refractivity contribution in [2.75, 3.05) is 5.32 Å². The molecule has 0 atom stereocenters. The first-order valence-corrected chi connectivity index (χ1v) is 6.51. The molecule has 1 N–H and O–H groups in total. The summed E-state index contributed by atoms with van der Waals surface area (Å²) in [6.45, 7) is 2.55. The zero-order valence-corrected chi connectivity index (χ0v) is 11.2. The van der Waals surface area contributed by atoms with Crippen molar-refractivity contribution >= 4 is 33.0 Å². The predicted octanol–water partition coefficient (Wildman–Crippen LogP) is 4.57. The lowest BCUT2D eigenvalue weighted by Crippen LogP contribution is -2.01. The third kappa shape index (κ3) is 2.62. The van der Waals surface area contributed by atoms with Gasteiger partial charge < -0.3 is 5.32 Å². The second kappa shape index (κ2) is 4.97. The summed E-state index contributed by atoms with van der Waals surface area (Å²) in [5.74, 6) is -0.198. The topological polar surface area (TPSA) is 12.0 Å². The van der Waals surface area contributed by atoms with Gasteiger partial charge in [0.05, 0.1) is 9.47 Å². The van der Waals surface area contributed by atoms with Crippen LogP contribution in [0.1, 0.15) is 10.4 Å². The molecule has 0 spiro atoms. The maximum absolute atomic E-state index is 13.5. The lowest BCUT2D eigenvalue weighted by Gasteiger charge is -2.09. The number of rotatable bonds is 3. The van der Waals surface area contributed by atoms with Gasteiger partial charge in [0.1, 0.15) is 5.82 Å². The van der Waals surface area contributed by atoms with Gasteiger partial charge in [-0.3, -0.25) is 0 Å². The Hall–Kier alpha value is -0.870. The molecule has 1 heterocycles. The maximum Gasteiger partial charge on any atom is 0.146 e. The minimum atomic E-state index is -0.198. The molecular weight excluding hydrogens is 289 g/mol. The van der Waals surface area contributed by atoms with Gasteiger partial charge in [-0.1, -0.05) is 12.1 Å². The fourth-order valence-electron chi connectivity index (χ4n) is 1.48. The standard InChI is InChI=1S/C12H11BrFNS/c1-8-3-2-4-10(14)12(8)15-7-9-5-6-11(13)16-9/h2-6,15H,7H2,1H3. The highest BCUT2D eigenvalue weighted by atomic mass is 79.9. The second-order valence-electron chi connectivity index (χ2n) is 3.49. The summed E-state index contributed by atoms with van der Waals surface area (Å²) in [6, 6.07) is 9.11. The third-order valence-electron chi connectivity index (χ3n) is 2.29. The van der Waals surface area contributed by atoms with E-state index in [2.05, 4.69) is 21.2 Å².